The lowest BCUT2D eigenvalue weighted by atomic mass is 10.1. The van der Waals surface area contributed by atoms with Crippen molar-refractivity contribution in [3.8, 4) is 17.2 Å². The monoisotopic (exact) mass is 324 g/mol. The molecule has 0 aliphatic carbocycles. The van der Waals surface area contributed by atoms with Crippen LogP contribution in [0.1, 0.15) is 0 Å². The van der Waals surface area contributed by atoms with E-state index < -0.39 is 6.10 Å². The van der Waals surface area contributed by atoms with E-state index in [0.717, 1.165) is 11.3 Å². The Kier molecular flexibility index (Phi) is 4.73. The van der Waals surface area contributed by atoms with Crippen LogP contribution < -0.4 is 9.55 Å². The van der Waals surface area contributed by atoms with Crippen molar-refractivity contribution in [2.24, 2.45) is 0 Å². The Hall–Kier alpha value is -2.51. The van der Waals surface area contributed by atoms with Gasteiger partial charge in [-0.05, 0) is 43.4 Å². The van der Waals surface area contributed by atoms with Crippen molar-refractivity contribution in [1.29, 1.82) is 0 Å². The van der Waals surface area contributed by atoms with Gasteiger partial charge in [0.2, 0.25) is 13.9 Å². The minimum absolute atomic E-state index is 0.0147. The van der Waals surface area contributed by atoms with Crippen molar-refractivity contribution in [2.45, 2.75) is 6.10 Å². The minimum atomic E-state index is -0.909. The van der Waals surface area contributed by atoms with E-state index in [9.17, 15) is 5.11 Å². The zero-order valence-corrected chi connectivity index (χ0v) is 13.2. The molecule has 0 aliphatic heterocycles. The van der Waals surface area contributed by atoms with Gasteiger partial charge in [-0.2, -0.15) is 0 Å². The maximum absolute atomic E-state index is 9.33. The Morgan fingerprint density at radius 1 is 1.25 bits per heavy atom. The molecule has 1 aromatic heterocycles. The van der Waals surface area contributed by atoms with E-state index >= 15 is 0 Å². The number of hydrogen-bond donors (Lipinski definition) is 2. The number of ether oxygens (including phenoxy) is 1. The first-order valence-corrected chi connectivity index (χ1v) is 7.48. The fourth-order valence-electron chi connectivity index (χ4n) is 2.20. The lowest BCUT2D eigenvalue weighted by Gasteiger charge is -2.12. The number of benzene rings is 2. The van der Waals surface area contributed by atoms with Crippen molar-refractivity contribution in [3.05, 3.63) is 42.5 Å². The highest BCUT2D eigenvalue weighted by Gasteiger charge is 2.10. The molecule has 1 atom stereocenters. The first kappa shape index (κ1) is 16.4. The summed E-state index contributed by atoms with van der Waals surface area (Å²) in [6.45, 7) is -0.328. The second-order valence-electron chi connectivity index (χ2n) is 5.45. The van der Waals surface area contributed by atoms with Gasteiger partial charge in [-0.3, -0.25) is 0 Å². The number of fused-ring (bicyclic) bond motifs is 1. The summed E-state index contributed by atoms with van der Waals surface area (Å²) >= 11 is 0. The van der Waals surface area contributed by atoms with Gasteiger partial charge < -0.3 is 24.2 Å². The fourth-order valence-corrected chi connectivity index (χ4v) is 2.20. The molecule has 6 nitrogen and oxygen atoms in total. The lowest BCUT2D eigenvalue weighted by Crippen LogP contribution is -2.21. The van der Waals surface area contributed by atoms with E-state index in [2.05, 4.69) is 4.98 Å². The summed E-state index contributed by atoms with van der Waals surface area (Å²) in [6.07, 6.45) is -0.909. The molecule has 2 radical (unpaired) electrons. The second kappa shape index (κ2) is 6.94. The van der Waals surface area contributed by atoms with Crippen LogP contribution in [0.2, 0.25) is 0 Å². The Labute approximate surface area is 140 Å². The van der Waals surface area contributed by atoms with E-state index in [-0.39, 0.29) is 13.2 Å². The summed E-state index contributed by atoms with van der Waals surface area (Å²) in [5.74, 6) is 1.05. The maximum atomic E-state index is 9.33. The van der Waals surface area contributed by atoms with Crippen molar-refractivity contribution >= 4 is 24.8 Å². The molecule has 7 heteroatoms. The van der Waals surface area contributed by atoms with E-state index in [1.807, 2.05) is 24.3 Å². The van der Waals surface area contributed by atoms with Gasteiger partial charge in [0, 0.05) is 17.3 Å². The van der Waals surface area contributed by atoms with Crippen LogP contribution in [0.3, 0.4) is 0 Å². The summed E-state index contributed by atoms with van der Waals surface area (Å²) in [5, 5.41) is 18.1. The maximum Gasteiger partial charge on any atom is 0.227 e. The Bertz CT molecular complexity index is 817. The third-order valence-corrected chi connectivity index (χ3v) is 3.53. The largest absolute Gasteiger partial charge is 0.491 e. The third-order valence-electron chi connectivity index (χ3n) is 3.53. The zero-order chi connectivity index (χ0) is 17.1. The SMILES string of the molecule is [B]N(C)c1ccc(-c2nc3cc(OC[C@@H](O)CO)ccc3o2)cc1. The molecule has 2 aromatic carbocycles. The predicted octanol–water partition coefficient (Wildman–Crippen LogP) is 1.75. The molecule has 0 unspecified atom stereocenters. The highest BCUT2D eigenvalue weighted by molar-refractivity contribution is 6.17. The van der Waals surface area contributed by atoms with Gasteiger partial charge in [0.25, 0.3) is 0 Å². The molecular weight excluding hydrogens is 307 g/mol. The molecule has 0 saturated heterocycles. The molecule has 122 valence electrons. The Morgan fingerprint density at radius 3 is 2.67 bits per heavy atom. The average molecular weight is 324 g/mol. The topological polar surface area (TPSA) is 79.0 Å². The highest BCUT2D eigenvalue weighted by Crippen LogP contribution is 2.28. The van der Waals surface area contributed by atoms with Gasteiger partial charge in [0.1, 0.15) is 24.0 Å². The van der Waals surface area contributed by atoms with Crippen LogP contribution in [0.25, 0.3) is 22.6 Å². The zero-order valence-electron chi connectivity index (χ0n) is 13.2. The molecule has 0 bridgehead atoms. The Balaban J connectivity index is 1.83. The first-order valence-electron chi connectivity index (χ1n) is 7.48. The molecule has 2 N–H and O–H groups in total. The van der Waals surface area contributed by atoms with Crippen LogP contribution in [0, 0.1) is 0 Å². The molecule has 0 aliphatic rings. The van der Waals surface area contributed by atoms with Crippen molar-refractivity contribution in [2.75, 3.05) is 25.1 Å². The summed E-state index contributed by atoms with van der Waals surface area (Å²) < 4.78 is 11.2. The first-order chi connectivity index (χ1) is 11.6. The van der Waals surface area contributed by atoms with Crippen LogP contribution in [0.15, 0.2) is 46.9 Å². The number of aliphatic hydroxyl groups excluding tert-OH is 2. The third kappa shape index (κ3) is 3.52. The lowest BCUT2D eigenvalue weighted by molar-refractivity contribution is 0.0536. The molecule has 0 spiro atoms. The molecular formula is C17H17BN2O4. The van der Waals surface area contributed by atoms with E-state index in [4.69, 9.17) is 22.2 Å². The van der Waals surface area contributed by atoms with E-state index in [1.54, 1.807) is 25.2 Å². The summed E-state index contributed by atoms with van der Waals surface area (Å²) in [6, 6.07) is 12.8. The van der Waals surface area contributed by atoms with E-state index in [0.29, 0.717) is 22.7 Å². The summed E-state index contributed by atoms with van der Waals surface area (Å²) in [4.78, 5) is 5.99. The molecule has 0 saturated carbocycles. The molecule has 24 heavy (non-hydrogen) atoms. The van der Waals surface area contributed by atoms with Crippen molar-refractivity contribution in [3.63, 3.8) is 0 Å². The summed E-state index contributed by atoms with van der Waals surface area (Å²) in [7, 11) is 7.45. The quantitative estimate of drug-likeness (QED) is 0.673. The molecule has 0 amide bonds. The van der Waals surface area contributed by atoms with Crippen molar-refractivity contribution in [1.82, 2.24) is 4.98 Å². The fraction of sp³-hybridized carbons (Fsp3) is 0.235. The van der Waals surface area contributed by atoms with Crippen molar-refractivity contribution < 1.29 is 19.4 Å². The number of aliphatic hydroxyl groups is 2. The van der Waals surface area contributed by atoms with Gasteiger partial charge in [-0.15, -0.1) is 0 Å². The number of aromatic nitrogens is 1. The number of rotatable bonds is 6. The van der Waals surface area contributed by atoms with Gasteiger partial charge >= 0.3 is 0 Å². The van der Waals surface area contributed by atoms with Gasteiger partial charge in [-0.1, -0.05) is 0 Å². The van der Waals surface area contributed by atoms with Crippen LogP contribution in [0.5, 0.6) is 5.75 Å². The second-order valence-corrected chi connectivity index (χ2v) is 5.45. The minimum Gasteiger partial charge on any atom is -0.491 e. The number of hydrogen-bond acceptors (Lipinski definition) is 6. The van der Waals surface area contributed by atoms with Gasteiger partial charge in [0.05, 0.1) is 6.61 Å². The van der Waals surface area contributed by atoms with Crippen LogP contribution in [-0.4, -0.2) is 49.5 Å². The standard InChI is InChI=1S/C17H17BN2O4/c1-20(18)12-4-2-11(3-5-12)17-19-15-8-14(6-7-16(15)24-17)23-10-13(22)9-21/h2-8,13,21-22H,9-10H2,1H3/t13-/m0/s1. The molecule has 3 rings (SSSR count). The number of anilines is 1. The molecule has 0 fully saturated rings. The van der Waals surface area contributed by atoms with Crippen LogP contribution >= 0.6 is 0 Å². The normalized spacial score (nSPS) is 12.3. The van der Waals surface area contributed by atoms with E-state index in [1.165, 1.54) is 4.81 Å². The Morgan fingerprint density at radius 2 is 2.00 bits per heavy atom. The van der Waals surface area contributed by atoms with Gasteiger partial charge in [-0.25, -0.2) is 4.98 Å². The van der Waals surface area contributed by atoms with Gasteiger partial charge in [0.15, 0.2) is 5.58 Å². The molecule has 3 aromatic rings. The summed E-state index contributed by atoms with van der Waals surface area (Å²) in [5.41, 5.74) is 3.02. The number of nitrogens with zero attached hydrogens (tertiary/aromatic N) is 2. The van der Waals surface area contributed by atoms with Crippen LogP contribution in [0.4, 0.5) is 5.69 Å². The van der Waals surface area contributed by atoms with Crippen LogP contribution in [-0.2, 0) is 0 Å². The highest BCUT2D eigenvalue weighted by atomic mass is 16.5. The molecule has 1 heterocycles. The number of oxazole rings is 1. The predicted molar refractivity (Wildman–Crippen MR) is 92.2 cm³/mol. The smallest absolute Gasteiger partial charge is 0.227 e. The average Bonchev–Trinajstić information content (AvgIpc) is 3.03.